The van der Waals surface area contributed by atoms with Gasteiger partial charge in [0, 0.05) is 18.2 Å². The molecule has 3 rings (SSSR count). The number of hydrogen-bond donors (Lipinski definition) is 3. The van der Waals surface area contributed by atoms with Crippen LogP contribution in [0.2, 0.25) is 0 Å². The number of nitrogens with zero attached hydrogens (tertiary/aromatic N) is 1. The summed E-state index contributed by atoms with van der Waals surface area (Å²) >= 11 is 0. The quantitative estimate of drug-likeness (QED) is 0.445. The molecule has 0 aliphatic heterocycles. The average Bonchev–Trinajstić information content (AvgIpc) is 2.96. The smallest absolute Gasteiger partial charge is 0.316 e. The molecule has 0 heterocycles. The normalized spacial score (nSPS) is 23.2. The van der Waals surface area contributed by atoms with Crippen molar-refractivity contribution in [3.63, 3.8) is 0 Å². The van der Waals surface area contributed by atoms with Gasteiger partial charge in [-0.15, -0.1) is 0 Å². The van der Waals surface area contributed by atoms with E-state index in [4.69, 9.17) is 16.2 Å². The van der Waals surface area contributed by atoms with Crippen LogP contribution < -0.4 is 11.5 Å². The van der Waals surface area contributed by atoms with Crippen molar-refractivity contribution in [2.45, 2.75) is 77.3 Å². The zero-order chi connectivity index (χ0) is 22.8. The SMILES string of the molecule is COC1=CC(C(C)(C)C)=C(O)CC1(c1ccc(N)cc1)N(C(N)=O)C1CCCCCC1. The first-order valence-corrected chi connectivity index (χ1v) is 11.2. The summed E-state index contributed by atoms with van der Waals surface area (Å²) in [5.41, 5.74) is 13.0. The second-order valence-corrected chi connectivity index (χ2v) is 9.84. The number of nitrogen functional groups attached to an aromatic ring is 1. The summed E-state index contributed by atoms with van der Waals surface area (Å²) in [6.45, 7) is 6.15. The number of urea groups is 1. The van der Waals surface area contributed by atoms with Crippen LogP contribution in [0, 0.1) is 5.41 Å². The van der Waals surface area contributed by atoms with Gasteiger partial charge in [0.25, 0.3) is 0 Å². The van der Waals surface area contributed by atoms with Gasteiger partial charge in [0.1, 0.15) is 11.3 Å². The molecule has 1 aromatic rings. The van der Waals surface area contributed by atoms with Crippen molar-refractivity contribution in [1.82, 2.24) is 4.90 Å². The molecule has 2 amide bonds. The molecule has 0 aromatic heterocycles. The van der Waals surface area contributed by atoms with Crippen molar-refractivity contribution >= 4 is 11.7 Å². The number of hydrogen-bond acceptors (Lipinski definition) is 4. The molecule has 5 N–H and O–H groups in total. The fourth-order valence-electron chi connectivity index (χ4n) is 5.18. The number of anilines is 1. The number of aliphatic hydroxyl groups excluding tert-OH is 1. The van der Waals surface area contributed by atoms with Crippen molar-refractivity contribution in [2.75, 3.05) is 12.8 Å². The number of benzene rings is 1. The molecule has 1 aromatic carbocycles. The van der Waals surface area contributed by atoms with Crippen LogP contribution in [0.25, 0.3) is 0 Å². The van der Waals surface area contributed by atoms with Crippen LogP contribution >= 0.6 is 0 Å². The molecule has 0 spiro atoms. The van der Waals surface area contributed by atoms with Crippen molar-refractivity contribution in [3.8, 4) is 0 Å². The second-order valence-electron chi connectivity index (χ2n) is 9.84. The Kier molecular flexibility index (Phi) is 6.58. The maximum atomic E-state index is 13.0. The number of aliphatic hydroxyl groups is 1. The Morgan fingerprint density at radius 3 is 2.19 bits per heavy atom. The molecule has 0 radical (unpaired) electrons. The minimum Gasteiger partial charge on any atom is -0.512 e. The number of rotatable bonds is 4. The molecule has 2 aliphatic rings. The highest BCUT2D eigenvalue weighted by atomic mass is 16.5. The van der Waals surface area contributed by atoms with Gasteiger partial charge < -0.3 is 26.2 Å². The van der Waals surface area contributed by atoms with Crippen LogP contribution in [0.15, 0.2) is 47.4 Å². The number of methoxy groups -OCH3 is 1. The molecule has 6 nitrogen and oxygen atoms in total. The van der Waals surface area contributed by atoms with E-state index < -0.39 is 11.6 Å². The summed E-state index contributed by atoms with van der Waals surface area (Å²) in [5.74, 6) is 0.869. The number of carbonyl (C=O) groups excluding carboxylic acids is 1. The van der Waals surface area contributed by atoms with Crippen LogP contribution in [-0.4, -0.2) is 29.2 Å². The average molecular weight is 428 g/mol. The predicted octanol–water partition coefficient (Wildman–Crippen LogP) is 5.36. The van der Waals surface area contributed by atoms with Crippen molar-refractivity contribution in [1.29, 1.82) is 0 Å². The number of allylic oxidation sites excluding steroid dienone is 2. The Morgan fingerprint density at radius 2 is 1.71 bits per heavy atom. The van der Waals surface area contributed by atoms with Gasteiger partial charge in [-0.2, -0.15) is 0 Å². The van der Waals surface area contributed by atoms with E-state index in [2.05, 4.69) is 20.8 Å². The van der Waals surface area contributed by atoms with E-state index in [1.807, 2.05) is 30.3 Å². The Labute approximate surface area is 185 Å². The first-order valence-electron chi connectivity index (χ1n) is 11.2. The highest BCUT2D eigenvalue weighted by Gasteiger charge is 2.51. The van der Waals surface area contributed by atoms with E-state index in [0.717, 1.165) is 49.7 Å². The topological polar surface area (TPSA) is 102 Å². The van der Waals surface area contributed by atoms with Crippen LogP contribution in [0.4, 0.5) is 10.5 Å². The molecule has 6 heteroatoms. The van der Waals surface area contributed by atoms with Gasteiger partial charge in [-0.1, -0.05) is 58.6 Å². The molecule has 2 aliphatic carbocycles. The summed E-state index contributed by atoms with van der Waals surface area (Å²) in [6.07, 6.45) is 8.28. The molecule has 1 atom stereocenters. The maximum absolute atomic E-state index is 13.0. The third-order valence-corrected chi connectivity index (χ3v) is 6.67. The summed E-state index contributed by atoms with van der Waals surface area (Å²) in [5, 5.41) is 11.2. The van der Waals surface area contributed by atoms with Crippen molar-refractivity contribution in [2.24, 2.45) is 11.1 Å². The van der Waals surface area contributed by atoms with Gasteiger partial charge in [-0.3, -0.25) is 0 Å². The molecule has 170 valence electrons. The molecule has 31 heavy (non-hydrogen) atoms. The Morgan fingerprint density at radius 1 is 1.13 bits per heavy atom. The summed E-state index contributed by atoms with van der Waals surface area (Å²) in [4.78, 5) is 14.8. The Hall–Kier alpha value is -2.63. The third kappa shape index (κ3) is 4.39. The largest absolute Gasteiger partial charge is 0.512 e. The molecule has 0 saturated heterocycles. The van der Waals surface area contributed by atoms with E-state index in [9.17, 15) is 9.90 Å². The molecular weight excluding hydrogens is 390 g/mol. The number of ether oxygens (including phenoxy) is 1. The van der Waals surface area contributed by atoms with Crippen LogP contribution in [0.1, 0.15) is 71.3 Å². The molecular formula is C25H37N3O3. The van der Waals surface area contributed by atoms with Crippen LogP contribution in [0.5, 0.6) is 0 Å². The minimum absolute atomic E-state index is 0.0277. The van der Waals surface area contributed by atoms with Gasteiger partial charge in [-0.05, 0) is 47.6 Å². The third-order valence-electron chi connectivity index (χ3n) is 6.67. The standard InChI is InChI=1S/C25H37N3O3/c1-24(2,3)20-15-22(31-4)25(16-21(20)29,17-11-13-18(26)14-12-17)28(23(27)30)19-9-7-5-6-8-10-19/h11-15,19,29H,5-10,16,26H2,1-4H3,(H2,27,30). The fraction of sp³-hybridized carbons (Fsp3) is 0.560. The maximum Gasteiger partial charge on any atom is 0.316 e. The van der Waals surface area contributed by atoms with Gasteiger partial charge in [0.2, 0.25) is 0 Å². The van der Waals surface area contributed by atoms with Gasteiger partial charge in [0.15, 0.2) is 0 Å². The molecule has 1 saturated carbocycles. The fourth-order valence-corrected chi connectivity index (χ4v) is 5.18. The number of nitrogens with two attached hydrogens (primary N) is 2. The first kappa shape index (κ1) is 23.0. The molecule has 0 bridgehead atoms. The zero-order valence-electron chi connectivity index (χ0n) is 19.3. The Balaban J connectivity index is 2.25. The lowest BCUT2D eigenvalue weighted by Crippen LogP contribution is -2.58. The number of amides is 2. The van der Waals surface area contributed by atoms with Gasteiger partial charge in [0.05, 0.1) is 12.9 Å². The van der Waals surface area contributed by atoms with E-state index in [1.54, 1.807) is 12.0 Å². The highest BCUT2D eigenvalue weighted by Crippen LogP contribution is 2.50. The van der Waals surface area contributed by atoms with Gasteiger partial charge in [-0.25, -0.2) is 4.79 Å². The van der Waals surface area contributed by atoms with E-state index in [-0.39, 0.29) is 23.6 Å². The molecule has 1 fully saturated rings. The summed E-state index contributed by atoms with van der Waals surface area (Å²) in [7, 11) is 1.62. The van der Waals surface area contributed by atoms with Crippen LogP contribution in [0.3, 0.4) is 0 Å². The number of primary amides is 1. The lowest BCUT2D eigenvalue weighted by molar-refractivity contribution is 0.0416. The minimum atomic E-state index is -1.03. The van der Waals surface area contributed by atoms with E-state index in [0.29, 0.717) is 11.4 Å². The molecule has 1 unspecified atom stereocenters. The van der Waals surface area contributed by atoms with Crippen molar-refractivity contribution in [3.05, 3.63) is 53.0 Å². The monoisotopic (exact) mass is 427 g/mol. The summed E-state index contributed by atoms with van der Waals surface area (Å²) in [6, 6.07) is 6.92. The zero-order valence-corrected chi connectivity index (χ0v) is 19.3. The van der Waals surface area contributed by atoms with E-state index >= 15 is 0 Å². The van der Waals surface area contributed by atoms with E-state index in [1.165, 1.54) is 0 Å². The number of carbonyl (C=O) groups is 1. The van der Waals surface area contributed by atoms with Crippen LogP contribution in [-0.2, 0) is 10.3 Å². The predicted molar refractivity (Wildman–Crippen MR) is 124 cm³/mol. The highest BCUT2D eigenvalue weighted by molar-refractivity contribution is 5.75. The lowest BCUT2D eigenvalue weighted by atomic mass is 9.72. The Bertz CT molecular complexity index is 859. The second kappa shape index (κ2) is 8.85. The summed E-state index contributed by atoms with van der Waals surface area (Å²) < 4.78 is 5.95. The van der Waals surface area contributed by atoms with Crippen molar-refractivity contribution < 1.29 is 14.6 Å². The lowest BCUT2D eigenvalue weighted by Gasteiger charge is -2.49. The first-order chi connectivity index (χ1) is 14.6. The van der Waals surface area contributed by atoms with Gasteiger partial charge >= 0.3 is 6.03 Å².